The number of ketones is 1. The number of amidine groups is 1. The molecule has 1 rings (SSSR count). The second-order valence-corrected chi connectivity index (χ2v) is 4.34. The van der Waals surface area contributed by atoms with Crippen molar-refractivity contribution in [2.24, 2.45) is 22.2 Å². The van der Waals surface area contributed by atoms with E-state index in [1.807, 2.05) is 0 Å². The summed E-state index contributed by atoms with van der Waals surface area (Å²) in [7, 11) is 0. The fourth-order valence-electron chi connectivity index (χ4n) is 2.53. The van der Waals surface area contributed by atoms with Crippen molar-refractivity contribution in [2.45, 2.75) is 45.4 Å². The van der Waals surface area contributed by atoms with Crippen LogP contribution >= 0.6 is 0 Å². The van der Waals surface area contributed by atoms with E-state index >= 15 is 0 Å². The highest BCUT2D eigenvalue weighted by Gasteiger charge is 2.38. The number of nitrogens with one attached hydrogen (secondary N) is 1. The molecule has 0 aliphatic heterocycles. The van der Waals surface area contributed by atoms with E-state index < -0.39 is 0 Å². The number of carbonyl (C=O) groups is 1. The van der Waals surface area contributed by atoms with Crippen LogP contribution in [-0.4, -0.2) is 11.6 Å². The largest absolute Gasteiger partial charge is 0.322 e. The molecular formula is C10H20N4O. The second-order valence-electron chi connectivity index (χ2n) is 4.34. The number of nitrogens with two attached hydrogens (primary N) is 2. The van der Waals surface area contributed by atoms with E-state index in [0.29, 0.717) is 12.3 Å². The highest BCUT2D eigenvalue weighted by molar-refractivity contribution is 5.92. The van der Waals surface area contributed by atoms with Gasteiger partial charge >= 0.3 is 0 Å². The number of hydrazone groups is 1. The molecular weight excluding hydrogens is 192 g/mol. The number of carbonyl (C=O) groups excluding carboxylic acids is 1. The molecule has 0 unspecified atom stereocenters. The maximum absolute atomic E-state index is 11.3. The summed E-state index contributed by atoms with van der Waals surface area (Å²) in [6.45, 7) is 1.60. The monoisotopic (exact) mass is 212 g/mol. The Morgan fingerprint density at radius 3 is 2.40 bits per heavy atom. The van der Waals surface area contributed by atoms with Crippen molar-refractivity contribution in [3.8, 4) is 0 Å². The molecule has 86 valence electrons. The summed E-state index contributed by atoms with van der Waals surface area (Å²) in [5, 5.41) is 3.68. The standard InChI is InChI=1S/C10H20N4O/c1-8(15)7-10(9(13-11)14-12)5-3-2-4-6-10/h2-7,11-12H2,1H3,(H,13,14). The normalized spacial score (nSPS) is 21.1. The molecule has 0 saturated heterocycles. The fourth-order valence-corrected chi connectivity index (χ4v) is 2.53. The molecule has 5 heteroatoms. The quantitative estimate of drug-likeness (QED) is 0.277. The zero-order valence-electron chi connectivity index (χ0n) is 9.25. The van der Waals surface area contributed by atoms with Crippen molar-refractivity contribution in [3.05, 3.63) is 0 Å². The minimum absolute atomic E-state index is 0.160. The predicted octanol–water partition coefficient (Wildman–Crippen LogP) is 0.651. The van der Waals surface area contributed by atoms with Gasteiger partial charge in [0.05, 0.1) is 0 Å². The van der Waals surface area contributed by atoms with E-state index in [2.05, 4.69) is 10.5 Å². The van der Waals surface area contributed by atoms with Gasteiger partial charge in [-0.05, 0) is 19.8 Å². The molecule has 15 heavy (non-hydrogen) atoms. The Labute approximate surface area is 90.2 Å². The van der Waals surface area contributed by atoms with Crippen molar-refractivity contribution in [3.63, 3.8) is 0 Å². The smallest absolute Gasteiger partial charge is 0.142 e. The van der Waals surface area contributed by atoms with Gasteiger partial charge in [0.2, 0.25) is 0 Å². The van der Waals surface area contributed by atoms with Crippen LogP contribution in [0.3, 0.4) is 0 Å². The average molecular weight is 212 g/mol. The van der Waals surface area contributed by atoms with Crippen LogP contribution in [0.1, 0.15) is 45.4 Å². The molecule has 1 saturated carbocycles. The first-order valence-electron chi connectivity index (χ1n) is 5.39. The van der Waals surface area contributed by atoms with Gasteiger partial charge < -0.3 is 11.3 Å². The first kappa shape index (κ1) is 12.0. The summed E-state index contributed by atoms with van der Waals surface area (Å²) < 4.78 is 0. The molecule has 1 aliphatic carbocycles. The number of hydrogen-bond donors (Lipinski definition) is 3. The summed E-state index contributed by atoms with van der Waals surface area (Å²) in [6, 6.07) is 0. The first-order chi connectivity index (χ1) is 7.14. The summed E-state index contributed by atoms with van der Waals surface area (Å²) in [5.74, 6) is 11.4. The molecule has 0 atom stereocenters. The summed E-state index contributed by atoms with van der Waals surface area (Å²) in [5.41, 5.74) is 2.30. The van der Waals surface area contributed by atoms with E-state index in [0.717, 1.165) is 25.7 Å². The fraction of sp³-hybridized carbons (Fsp3) is 0.800. The van der Waals surface area contributed by atoms with Crippen LogP contribution < -0.4 is 17.1 Å². The lowest BCUT2D eigenvalue weighted by Gasteiger charge is -2.36. The minimum atomic E-state index is -0.242. The third-order valence-electron chi connectivity index (χ3n) is 3.17. The molecule has 0 aromatic carbocycles. The Morgan fingerprint density at radius 1 is 1.40 bits per heavy atom. The van der Waals surface area contributed by atoms with Gasteiger partial charge in [-0.25, -0.2) is 5.84 Å². The van der Waals surface area contributed by atoms with Crippen LogP contribution in [0.2, 0.25) is 0 Å². The molecule has 1 aliphatic rings. The van der Waals surface area contributed by atoms with Crippen LogP contribution in [0, 0.1) is 5.41 Å². The van der Waals surface area contributed by atoms with Crippen LogP contribution in [0.4, 0.5) is 0 Å². The van der Waals surface area contributed by atoms with Gasteiger partial charge in [0.15, 0.2) is 0 Å². The van der Waals surface area contributed by atoms with Crippen molar-refractivity contribution in [1.29, 1.82) is 0 Å². The maximum Gasteiger partial charge on any atom is 0.142 e. The molecule has 0 spiro atoms. The Kier molecular flexibility index (Phi) is 4.08. The second kappa shape index (κ2) is 5.11. The Balaban J connectivity index is 2.88. The van der Waals surface area contributed by atoms with Gasteiger partial charge in [-0.1, -0.05) is 19.3 Å². The summed E-state index contributed by atoms with van der Waals surface area (Å²) in [6.07, 6.45) is 5.77. The van der Waals surface area contributed by atoms with Crippen LogP contribution in [0.5, 0.6) is 0 Å². The predicted molar refractivity (Wildman–Crippen MR) is 59.8 cm³/mol. The number of Topliss-reactive ketones (excluding diaryl/α,β-unsaturated/α-hetero) is 1. The lowest BCUT2D eigenvalue weighted by Crippen LogP contribution is -2.47. The van der Waals surface area contributed by atoms with Gasteiger partial charge in [0.1, 0.15) is 11.6 Å². The van der Waals surface area contributed by atoms with Gasteiger partial charge in [0, 0.05) is 11.8 Å². The van der Waals surface area contributed by atoms with Gasteiger partial charge in [-0.3, -0.25) is 4.79 Å². The van der Waals surface area contributed by atoms with Crippen molar-refractivity contribution in [1.82, 2.24) is 5.43 Å². The molecule has 5 nitrogen and oxygen atoms in total. The topological polar surface area (TPSA) is 93.5 Å². The lowest BCUT2D eigenvalue weighted by atomic mass is 9.70. The van der Waals surface area contributed by atoms with Gasteiger partial charge in [-0.15, -0.1) is 0 Å². The van der Waals surface area contributed by atoms with Crippen LogP contribution in [0.25, 0.3) is 0 Å². The molecule has 0 heterocycles. The van der Waals surface area contributed by atoms with Crippen molar-refractivity contribution in [2.75, 3.05) is 0 Å². The molecule has 0 aromatic rings. The molecule has 0 aromatic heterocycles. The third kappa shape index (κ3) is 2.68. The molecule has 0 bridgehead atoms. The Morgan fingerprint density at radius 2 is 2.00 bits per heavy atom. The van der Waals surface area contributed by atoms with E-state index in [4.69, 9.17) is 11.7 Å². The van der Waals surface area contributed by atoms with Crippen LogP contribution in [0.15, 0.2) is 5.10 Å². The van der Waals surface area contributed by atoms with Gasteiger partial charge in [-0.2, -0.15) is 5.10 Å². The first-order valence-corrected chi connectivity index (χ1v) is 5.39. The minimum Gasteiger partial charge on any atom is -0.322 e. The summed E-state index contributed by atoms with van der Waals surface area (Å²) in [4.78, 5) is 11.3. The van der Waals surface area contributed by atoms with Gasteiger partial charge in [0.25, 0.3) is 0 Å². The number of rotatable bonds is 3. The van der Waals surface area contributed by atoms with Crippen molar-refractivity contribution >= 4 is 11.6 Å². The Bertz CT molecular complexity index is 256. The molecule has 1 fully saturated rings. The van der Waals surface area contributed by atoms with E-state index in [9.17, 15) is 4.79 Å². The highest BCUT2D eigenvalue weighted by atomic mass is 16.1. The summed E-state index contributed by atoms with van der Waals surface area (Å²) >= 11 is 0. The van der Waals surface area contributed by atoms with E-state index in [1.165, 1.54) is 6.42 Å². The zero-order valence-corrected chi connectivity index (χ0v) is 9.25. The number of nitrogens with zero attached hydrogens (tertiary/aromatic N) is 1. The Hall–Kier alpha value is -1.10. The average Bonchev–Trinajstić information content (AvgIpc) is 2.19. The number of hydrazine groups is 1. The number of hydrogen-bond acceptors (Lipinski definition) is 4. The van der Waals surface area contributed by atoms with Crippen molar-refractivity contribution < 1.29 is 4.79 Å². The van der Waals surface area contributed by atoms with E-state index in [1.54, 1.807) is 6.92 Å². The zero-order chi connectivity index (χ0) is 11.3. The SMILES string of the molecule is CC(=O)CC1(/C(=N/N)NN)CCCCC1. The highest BCUT2D eigenvalue weighted by Crippen LogP contribution is 2.40. The molecule has 0 amide bonds. The molecule has 5 N–H and O–H groups in total. The third-order valence-corrected chi connectivity index (χ3v) is 3.17. The van der Waals surface area contributed by atoms with E-state index in [-0.39, 0.29) is 11.2 Å². The van der Waals surface area contributed by atoms with Crippen LogP contribution in [-0.2, 0) is 4.79 Å². The molecule has 0 radical (unpaired) electrons. The maximum atomic E-state index is 11.3. The lowest BCUT2D eigenvalue weighted by molar-refractivity contribution is -0.118.